The lowest BCUT2D eigenvalue weighted by molar-refractivity contribution is 0.0393. The number of rotatable bonds is 9. The Bertz CT molecular complexity index is 373. The lowest BCUT2D eigenvalue weighted by Crippen LogP contribution is -2.25. The maximum atomic E-state index is 5.99. The lowest BCUT2D eigenvalue weighted by Gasteiger charge is -2.17. The standard InChI is InChI=1S/C18H31NO/c1-14(2)12-16(5)20-13-18-9-7-6-8-17(18)10-11-19-15(3)4/h6-9,14-16,19H,10-13H2,1-5H3. The predicted octanol–water partition coefficient (Wildman–Crippen LogP) is 4.18. The summed E-state index contributed by atoms with van der Waals surface area (Å²) in [4.78, 5) is 0. The zero-order valence-corrected chi connectivity index (χ0v) is 13.8. The molecular formula is C18H31NO. The van der Waals surface area contributed by atoms with E-state index in [1.807, 2.05) is 0 Å². The van der Waals surface area contributed by atoms with Gasteiger partial charge in [0, 0.05) is 6.04 Å². The van der Waals surface area contributed by atoms with Crippen LogP contribution in [0.2, 0.25) is 0 Å². The molecule has 0 amide bonds. The van der Waals surface area contributed by atoms with Gasteiger partial charge in [0.2, 0.25) is 0 Å². The van der Waals surface area contributed by atoms with E-state index in [1.165, 1.54) is 11.1 Å². The minimum atomic E-state index is 0.330. The van der Waals surface area contributed by atoms with Gasteiger partial charge in [-0.25, -0.2) is 0 Å². The van der Waals surface area contributed by atoms with Crippen LogP contribution in [0.1, 0.15) is 52.2 Å². The summed E-state index contributed by atoms with van der Waals surface area (Å²) in [6, 6.07) is 9.17. The fourth-order valence-corrected chi connectivity index (χ4v) is 2.40. The molecule has 0 heterocycles. The second-order valence-electron chi connectivity index (χ2n) is 6.38. The molecule has 0 aromatic heterocycles. The smallest absolute Gasteiger partial charge is 0.0723 e. The second-order valence-corrected chi connectivity index (χ2v) is 6.38. The zero-order chi connectivity index (χ0) is 15.0. The van der Waals surface area contributed by atoms with Gasteiger partial charge in [-0.3, -0.25) is 0 Å². The molecule has 0 radical (unpaired) electrons. The maximum Gasteiger partial charge on any atom is 0.0723 e. The third-order valence-corrected chi connectivity index (χ3v) is 3.39. The van der Waals surface area contributed by atoms with E-state index >= 15 is 0 Å². The van der Waals surface area contributed by atoms with Gasteiger partial charge in [-0.1, -0.05) is 52.0 Å². The van der Waals surface area contributed by atoms with Crippen molar-refractivity contribution >= 4 is 0 Å². The quantitative estimate of drug-likeness (QED) is 0.731. The summed E-state index contributed by atoms with van der Waals surface area (Å²) in [6.45, 7) is 12.8. The molecule has 1 atom stereocenters. The van der Waals surface area contributed by atoms with Crippen LogP contribution in [0.25, 0.3) is 0 Å². The van der Waals surface area contributed by atoms with E-state index in [9.17, 15) is 0 Å². The number of ether oxygens (including phenoxy) is 1. The first-order chi connectivity index (χ1) is 9.49. The largest absolute Gasteiger partial charge is 0.374 e. The Hall–Kier alpha value is -0.860. The molecule has 0 bridgehead atoms. The van der Waals surface area contributed by atoms with Crippen LogP contribution in [0, 0.1) is 5.92 Å². The summed E-state index contributed by atoms with van der Waals surface area (Å²) in [5.74, 6) is 0.690. The van der Waals surface area contributed by atoms with E-state index in [0.717, 1.165) is 26.0 Å². The van der Waals surface area contributed by atoms with E-state index in [2.05, 4.69) is 64.2 Å². The average Bonchev–Trinajstić information content (AvgIpc) is 2.36. The van der Waals surface area contributed by atoms with Crippen molar-refractivity contribution in [3.8, 4) is 0 Å². The molecule has 2 heteroatoms. The molecule has 114 valence electrons. The van der Waals surface area contributed by atoms with Gasteiger partial charge >= 0.3 is 0 Å². The Morgan fingerprint density at radius 2 is 1.65 bits per heavy atom. The monoisotopic (exact) mass is 277 g/mol. The number of benzene rings is 1. The Morgan fingerprint density at radius 3 is 2.25 bits per heavy atom. The van der Waals surface area contributed by atoms with E-state index in [0.29, 0.717) is 18.1 Å². The molecule has 0 aliphatic rings. The molecular weight excluding hydrogens is 246 g/mol. The fourth-order valence-electron chi connectivity index (χ4n) is 2.40. The minimum Gasteiger partial charge on any atom is -0.374 e. The average molecular weight is 277 g/mol. The Labute approximate surface area is 124 Å². The normalized spacial score (nSPS) is 13.2. The molecule has 0 spiro atoms. The Morgan fingerprint density at radius 1 is 1.00 bits per heavy atom. The first-order valence-electron chi connectivity index (χ1n) is 7.90. The van der Waals surface area contributed by atoms with Crippen LogP contribution in [0.3, 0.4) is 0 Å². The molecule has 0 saturated heterocycles. The van der Waals surface area contributed by atoms with Crippen LogP contribution >= 0.6 is 0 Å². The summed E-state index contributed by atoms with van der Waals surface area (Å²) in [5, 5.41) is 3.47. The van der Waals surface area contributed by atoms with Crippen molar-refractivity contribution in [1.82, 2.24) is 5.32 Å². The molecule has 0 saturated carbocycles. The molecule has 2 nitrogen and oxygen atoms in total. The molecule has 1 N–H and O–H groups in total. The second kappa shape index (κ2) is 9.15. The highest BCUT2D eigenvalue weighted by Crippen LogP contribution is 2.14. The van der Waals surface area contributed by atoms with Gasteiger partial charge in [0.05, 0.1) is 12.7 Å². The molecule has 0 fully saturated rings. The van der Waals surface area contributed by atoms with Gasteiger partial charge in [0.15, 0.2) is 0 Å². The summed E-state index contributed by atoms with van der Waals surface area (Å²) < 4.78 is 5.99. The van der Waals surface area contributed by atoms with E-state index in [-0.39, 0.29) is 0 Å². The molecule has 1 rings (SSSR count). The third kappa shape index (κ3) is 7.06. The highest BCUT2D eigenvalue weighted by atomic mass is 16.5. The topological polar surface area (TPSA) is 21.3 Å². The lowest BCUT2D eigenvalue weighted by atomic mass is 10.0. The maximum absolute atomic E-state index is 5.99. The highest BCUT2D eigenvalue weighted by Gasteiger charge is 2.07. The van der Waals surface area contributed by atoms with Crippen LogP contribution in [0.5, 0.6) is 0 Å². The van der Waals surface area contributed by atoms with Crippen LogP contribution < -0.4 is 5.32 Å². The molecule has 1 aromatic carbocycles. The van der Waals surface area contributed by atoms with Crippen molar-refractivity contribution in [1.29, 1.82) is 0 Å². The van der Waals surface area contributed by atoms with E-state index in [1.54, 1.807) is 0 Å². The van der Waals surface area contributed by atoms with E-state index < -0.39 is 0 Å². The van der Waals surface area contributed by atoms with E-state index in [4.69, 9.17) is 4.74 Å². The molecule has 1 unspecified atom stereocenters. The number of hydrogen-bond acceptors (Lipinski definition) is 2. The van der Waals surface area contributed by atoms with Crippen molar-refractivity contribution in [3.05, 3.63) is 35.4 Å². The summed E-state index contributed by atoms with van der Waals surface area (Å²) >= 11 is 0. The van der Waals surface area contributed by atoms with Crippen molar-refractivity contribution in [2.75, 3.05) is 6.54 Å². The van der Waals surface area contributed by atoms with Crippen molar-refractivity contribution in [2.24, 2.45) is 5.92 Å². The number of nitrogens with one attached hydrogen (secondary N) is 1. The SMILES string of the molecule is CC(C)CC(C)OCc1ccccc1CCNC(C)C. The van der Waals surface area contributed by atoms with Crippen LogP contribution in [0.15, 0.2) is 24.3 Å². The molecule has 0 aliphatic carbocycles. The summed E-state index contributed by atoms with van der Waals surface area (Å²) in [5.41, 5.74) is 2.73. The first-order valence-corrected chi connectivity index (χ1v) is 7.90. The third-order valence-electron chi connectivity index (χ3n) is 3.39. The van der Waals surface area contributed by atoms with Gasteiger partial charge in [0.1, 0.15) is 0 Å². The zero-order valence-electron chi connectivity index (χ0n) is 13.8. The Balaban J connectivity index is 2.48. The summed E-state index contributed by atoms with van der Waals surface area (Å²) in [6.07, 6.45) is 2.52. The van der Waals surface area contributed by atoms with Crippen LogP contribution in [-0.4, -0.2) is 18.7 Å². The fraction of sp³-hybridized carbons (Fsp3) is 0.667. The minimum absolute atomic E-state index is 0.330. The predicted molar refractivity (Wildman–Crippen MR) is 87.0 cm³/mol. The van der Waals surface area contributed by atoms with Crippen molar-refractivity contribution in [3.63, 3.8) is 0 Å². The molecule has 20 heavy (non-hydrogen) atoms. The van der Waals surface area contributed by atoms with Gasteiger partial charge in [-0.2, -0.15) is 0 Å². The molecule has 0 aliphatic heterocycles. The number of hydrogen-bond donors (Lipinski definition) is 1. The van der Waals surface area contributed by atoms with Crippen LogP contribution in [-0.2, 0) is 17.8 Å². The van der Waals surface area contributed by atoms with Crippen molar-refractivity contribution < 1.29 is 4.74 Å². The Kier molecular flexibility index (Phi) is 7.86. The van der Waals surface area contributed by atoms with Gasteiger partial charge in [0.25, 0.3) is 0 Å². The van der Waals surface area contributed by atoms with Crippen molar-refractivity contribution in [2.45, 2.75) is 66.2 Å². The highest BCUT2D eigenvalue weighted by molar-refractivity contribution is 5.26. The first kappa shape index (κ1) is 17.2. The van der Waals surface area contributed by atoms with Gasteiger partial charge in [-0.05, 0) is 43.4 Å². The van der Waals surface area contributed by atoms with Gasteiger partial charge in [-0.15, -0.1) is 0 Å². The van der Waals surface area contributed by atoms with Crippen LogP contribution in [0.4, 0.5) is 0 Å². The summed E-state index contributed by atoms with van der Waals surface area (Å²) in [7, 11) is 0. The molecule has 1 aromatic rings. The van der Waals surface area contributed by atoms with Gasteiger partial charge < -0.3 is 10.1 Å².